The summed E-state index contributed by atoms with van der Waals surface area (Å²) < 4.78 is 28.1. The normalized spacial score (nSPS) is 18.4. The Hall–Kier alpha value is -3.07. The molecule has 7 nitrogen and oxygen atoms in total. The van der Waals surface area contributed by atoms with Gasteiger partial charge in [0.15, 0.2) is 0 Å². The number of likely N-dealkylation sites (tertiary alicyclic amines) is 1. The molecule has 1 aliphatic carbocycles. The lowest BCUT2D eigenvalue weighted by atomic mass is 10.0. The van der Waals surface area contributed by atoms with Crippen LogP contribution < -0.4 is 0 Å². The van der Waals surface area contributed by atoms with Crippen molar-refractivity contribution in [2.75, 3.05) is 13.1 Å². The van der Waals surface area contributed by atoms with E-state index in [0.29, 0.717) is 25.3 Å². The molecule has 1 aromatic carbocycles. The van der Waals surface area contributed by atoms with Crippen LogP contribution in [0, 0.1) is 5.92 Å². The number of pyridine rings is 1. The van der Waals surface area contributed by atoms with Gasteiger partial charge in [0.2, 0.25) is 0 Å². The van der Waals surface area contributed by atoms with Crippen LogP contribution in [0.2, 0.25) is 0 Å². The Morgan fingerprint density at radius 3 is 2.39 bits per heavy atom. The molecule has 3 aromatic rings. The predicted molar refractivity (Wildman–Crippen MR) is 112 cm³/mol. The zero-order valence-corrected chi connectivity index (χ0v) is 17.0. The van der Waals surface area contributed by atoms with E-state index in [1.807, 2.05) is 42.5 Å². The number of hydrogen-bond donors (Lipinski definition) is 1. The van der Waals surface area contributed by atoms with Gasteiger partial charge >= 0.3 is 5.97 Å². The highest BCUT2D eigenvalue weighted by Crippen LogP contribution is 2.29. The second-order valence-electron chi connectivity index (χ2n) is 8.06. The van der Waals surface area contributed by atoms with Crippen LogP contribution in [-0.2, 0) is 11.3 Å². The van der Waals surface area contributed by atoms with Gasteiger partial charge in [-0.05, 0) is 36.1 Å². The zero-order valence-electron chi connectivity index (χ0n) is 17.0. The number of piperidine rings is 1. The highest BCUT2D eigenvalue weighted by molar-refractivity contribution is 5.72. The van der Waals surface area contributed by atoms with Crippen molar-refractivity contribution in [2.24, 2.45) is 5.92 Å². The Morgan fingerprint density at radius 1 is 1.13 bits per heavy atom. The maximum atomic E-state index is 13.2. The fraction of sp³-hybridized carbons (Fsp3) is 0.409. The number of halogens is 2. The molecule has 0 spiro atoms. The molecule has 2 aromatic heterocycles. The van der Waals surface area contributed by atoms with Crippen molar-refractivity contribution in [1.29, 1.82) is 0 Å². The fourth-order valence-corrected chi connectivity index (χ4v) is 3.53. The minimum Gasteiger partial charge on any atom is -0.481 e. The molecule has 0 amide bonds. The summed E-state index contributed by atoms with van der Waals surface area (Å²) in [7, 11) is 0. The Morgan fingerprint density at radius 2 is 1.81 bits per heavy atom. The van der Waals surface area contributed by atoms with Crippen molar-refractivity contribution in [1.82, 2.24) is 19.5 Å². The molecule has 0 atom stereocenters. The van der Waals surface area contributed by atoms with E-state index in [1.54, 1.807) is 4.52 Å². The van der Waals surface area contributed by atoms with Crippen LogP contribution in [0.4, 0.5) is 14.7 Å². The van der Waals surface area contributed by atoms with Crippen LogP contribution in [0.5, 0.6) is 0 Å². The molecule has 2 N–H and O–H groups in total. The SMILES string of the molecule is O=C(O)C1CC1.[NH-]c1nc2cccc(-c3ccc(CN4CCC(F)(F)CC4)cc3)n2n1. The van der Waals surface area contributed by atoms with Gasteiger partial charge in [-0.15, -0.1) is 0 Å². The molecule has 5 rings (SSSR count). The Labute approximate surface area is 178 Å². The first-order valence-corrected chi connectivity index (χ1v) is 10.3. The predicted octanol–water partition coefficient (Wildman–Crippen LogP) is 4.79. The molecule has 1 saturated heterocycles. The molecule has 164 valence electrons. The standard InChI is InChI=1S/C18H18F2N5.C4H6O2/c19-18(20)8-10-24(11-9-18)12-13-4-6-14(7-5-13)15-2-1-3-16-22-17(21)23-25(15)16;5-4(6)3-1-2-3/h1-7H,8-12H2,(H-,21,23);3H,1-2H2,(H,5,6)/q-1;. The van der Waals surface area contributed by atoms with Gasteiger partial charge in [0.25, 0.3) is 5.92 Å². The summed E-state index contributed by atoms with van der Waals surface area (Å²) in [4.78, 5) is 15.9. The van der Waals surface area contributed by atoms with E-state index in [1.165, 1.54) is 0 Å². The molecule has 3 heterocycles. The Balaban J connectivity index is 0.000000334. The fourth-order valence-electron chi connectivity index (χ4n) is 3.53. The summed E-state index contributed by atoms with van der Waals surface area (Å²) in [5, 5.41) is 12.2. The van der Waals surface area contributed by atoms with Crippen molar-refractivity contribution in [3.8, 4) is 11.3 Å². The number of carbonyl (C=O) groups is 1. The number of hydrogen-bond acceptors (Lipinski definition) is 4. The number of aliphatic carboxylic acids is 1. The Bertz CT molecular complexity index is 1050. The average molecular weight is 428 g/mol. The summed E-state index contributed by atoms with van der Waals surface area (Å²) in [5.74, 6) is -3.13. The monoisotopic (exact) mass is 428 g/mol. The number of alkyl halides is 2. The second-order valence-corrected chi connectivity index (χ2v) is 8.06. The summed E-state index contributed by atoms with van der Waals surface area (Å²) in [6.45, 7) is 1.54. The molecule has 1 saturated carbocycles. The maximum Gasteiger partial charge on any atom is 0.306 e. The molecule has 0 unspecified atom stereocenters. The molecular weight excluding hydrogens is 404 g/mol. The topological polar surface area (TPSA) is 94.5 Å². The molecule has 31 heavy (non-hydrogen) atoms. The summed E-state index contributed by atoms with van der Waals surface area (Å²) >= 11 is 0. The first kappa shape index (κ1) is 21.2. The van der Waals surface area contributed by atoms with Gasteiger partial charge in [0, 0.05) is 38.4 Å². The third-order valence-corrected chi connectivity index (χ3v) is 5.53. The number of carboxylic acids is 1. The van der Waals surface area contributed by atoms with Crippen molar-refractivity contribution >= 4 is 17.6 Å². The van der Waals surface area contributed by atoms with Crippen molar-refractivity contribution < 1.29 is 18.7 Å². The summed E-state index contributed by atoms with van der Waals surface area (Å²) in [6, 6.07) is 13.7. The van der Waals surface area contributed by atoms with Crippen LogP contribution in [0.25, 0.3) is 22.6 Å². The van der Waals surface area contributed by atoms with E-state index in [-0.39, 0.29) is 24.7 Å². The molecule has 0 radical (unpaired) electrons. The minimum absolute atomic E-state index is 0.00836. The number of benzene rings is 1. The van der Waals surface area contributed by atoms with E-state index >= 15 is 0 Å². The third-order valence-electron chi connectivity index (χ3n) is 5.53. The largest absolute Gasteiger partial charge is 0.481 e. The summed E-state index contributed by atoms with van der Waals surface area (Å²) in [5.41, 5.74) is 11.2. The third kappa shape index (κ3) is 5.35. The van der Waals surface area contributed by atoms with Gasteiger partial charge in [-0.1, -0.05) is 30.3 Å². The van der Waals surface area contributed by atoms with Gasteiger partial charge < -0.3 is 15.8 Å². The van der Waals surface area contributed by atoms with E-state index in [9.17, 15) is 13.6 Å². The van der Waals surface area contributed by atoms with Crippen LogP contribution in [0.15, 0.2) is 42.5 Å². The lowest BCUT2D eigenvalue weighted by molar-refractivity contribution is -0.138. The molecule has 2 aliphatic rings. The molecular formula is C22H24F2N5O2-. The van der Waals surface area contributed by atoms with Gasteiger partial charge in [0.05, 0.1) is 17.3 Å². The van der Waals surface area contributed by atoms with E-state index in [0.717, 1.165) is 29.7 Å². The van der Waals surface area contributed by atoms with Gasteiger partial charge in [-0.2, -0.15) is 0 Å². The average Bonchev–Trinajstić information content (AvgIpc) is 3.52. The van der Waals surface area contributed by atoms with Crippen LogP contribution in [0.3, 0.4) is 0 Å². The molecule has 0 bridgehead atoms. The lowest BCUT2D eigenvalue weighted by Gasteiger charge is -2.31. The van der Waals surface area contributed by atoms with Crippen LogP contribution >= 0.6 is 0 Å². The smallest absolute Gasteiger partial charge is 0.306 e. The van der Waals surface area contributed by atoms with Gasteiger partial charge in [0.1, 0.15) is 0 Å². The molecule has 2 fully saturated rings. The van der Waals surface area contributed by atoms with Crippen molar-refractivity contribution in [2.45, 2.75) is 38.2 Å². The quantitative estimate of drug-likeness (QED) is 0.645. The second kappa shape index (κ2) is 8.58. The van der Waals surface area contributed by atoms with E-state index in [2.05, 4.69) is 15.0 Å². The van der Waals surface area contributed by atoms with Crippen molar-refractivity contribution in [3.05, 3.63) is 53.8 Å². The number of nitrogens with one attached hydrogen (secondary N) is 1. The number of fused-ring (bicyclic) bond motifs is 1. The van der Waals surface area contributed by atoms with Crippen molar-refractivity contribution in [3.63, 3.8) is 0 Å². The van der Waals surface area contributed by atoms with Gasteiger partial charge in [-0.25, -0.2) is 8.78 Å². The van der Waals surface area contributed by atoms with Crippen LogP contribution in [0.1, 0.15) is 31.2 Å². The minimum atomic E-state index is -2.51. The number of aromatic nitrogens is 3. The lowest BCUT2D eigenvalue weighted by Crippen LogP contribution is -2.38. The highest BCUT2D eigenvalue weighted by Gasteiger charge is 2.33. The first-order valence-electron chi connectivity index (χ1n) is 10.3. The number of nitrogens with zero attached hydrogens (tertiary/aromatic N) is 4. The van der Waals surface area contributed by atoms with E-state index < -0.39 is 11.9 Å². The zero-order chi connectivity index (χ0) is 22.0. The number of carboxylic acid groups (broad SMARTS) is 1. The molecule has 9 heteroatoms. The maximum absolute atomic E-state index is 13.2. The van der Waals surface area contributed by atoms with E-state index in [4.69, 9.17) is 10.8 Å². The Kier molecular flexibility index (Phi) is 5.86. The molecule has 1 aliphatic heterocycles. The van der Waals surface area contributed by atoms with Crippen LogP contribution in [-0.4, -0.2) is 49.6 Å². The number of rotatable bonds is 4. The first-order chi connectivity index (χ1) is 14.8. The summed E-state index contributed by atoms with van der Waals surface area (Å²) in [6.07, 6.45) is 1.67. The highest BCUT2D eigenvalue weighted by atomic mass is 19.3. The van der Waals surface area contributed by atoms with Gasteiger partial charge in [-0.3, -0.25) is 19.3 Å².